The third-order valence-corrected chi connectivity index (χ3v) is 3.96. The molecule has 5 heteroatoms. The van der Waals surface area contributed by atoms with E-state index < -0.39 is 0 Å². The lowest BCUT2D eigenvalue weighted by atomic mass is 10.2. The highest BCUT2D eigenvalue weighted by Crippen LogP contribution is 2.33. The first-order chi connectivity index (χ1) is 9.25. The number of nitrogen functional groups attached to an aromatic ring is 1. The lowest BCUT2D eigenvalue weighted by Crippen LogP contribution is -2.11. The molecule has 0 atom stereocenters. The number of thiophene rings is 1. The fourth-order valence-electron chi connectivity index (χ4n) is 1.86. The van der Waals surface area contributed by atoms with Gasteiger partial charge < -0.3 is 11.1 Å². The van der Waals surface area contributed by atoms with E-state index in [1.165, 1.54) is 11.3 Å². The molecule has 19 heavy (non-hydrogen) atoms. The van der Waals surface area contributed by atoms with Gasteiger partial charge in [0.1, 0.15) is 4.88 Å². The average molecular weight is 269 g/mol. The summed E-state index contributed by atoms with van der Waals surface area (Å²) >= 11 is 1.40. The molecule has 2 aromatic heterocycles. The molecule has 0 saturated carbocycles. The Kier molecular flexibility index (Phi) is 2.89. The number of nitrogens with one attached hydrogen (secondary N) is 1. The summed E-state index contributed by atoms with van der Waals surface area (Å²) in [6.07, 6.45) is 3.26. The largest absolute Gasteiger partial charge is 0.397 e. The van der Waals surface area contributed by atoms with Crippen LogP contribution in [0.25, 0.3) is 10.1 Å². The summed E-state index contributed by atoms with van der Waals surface area (Å²) in [7, 11) is 0. The van der Waals surface area contributed by atoms with Crippen LogP contribution in [0.15, 0.2) is 48.8 Å². The average Bonchev–Trinajstić information content (AvgIpc) is 2.78. The zero-order valence-corrected chi connectivity index (χ0v) is 10.8. The number of fused-ring (bicyclic) bond motifs is 1. The third kappa shape index (κ3) is 2.15. The molecular weight excluding hydrogens is 258 g/mol. The topological polar surface area (TPSA) is 68.0 Å². The Balaban J connectivity index is 1.96. The van der Waals surface area contributed by atoms with Gasteiger partial charge in [-0.1, -0.05) is 18.2 Å². The number of nitrogens with zero attached hydrogens (tertiary/aromatic N) is 1. The summed E-state index contributed by atoms with van der Waals surface area (Å²) in [5.74, 6) is -0.190. The molecule has 0 aliphatic rings. The number of benzene rings is 1. The highest BCUT2D eigenvalue weighted by Gasteiger charge is 2.15. The SMILES string of the molecule is Nc1c(C(=O)Nc2ccncc2)sc2ccccc12. The van der Waals surface area contributed by atoms with E-state index in [0.717, 1.165) is 10.1 Å². The van der Waals surface area contributed by atoms with Crippen LogP contribution >= 0.6 is 11.3 Å². The molecule has 3 rings (SSSR count). The Morgan fingerprint density at radius 3 is 2.63 bits per heavy atom. The number of aromatic nitrogens is 1. The van der Waals surface area contributed by atoms with Gasteiger partial charge in [0.25, 0.3) is 5.91 Å². The highest BCUT2D eigenvalue weighted by atomic mass is 32.1. The normalized spacial score (nSPS) is 10.5. The minimum Gasteiger partial charge on any atom is -0.397 e. The molecule has 94 valence electrons. The van der Waals surface area contributed by atoms with Crippen LogP contribution in [0.5, 0.6) is 0 Å². The van der Waals surface area contributed by atoms with Gasteiger partial charge >= 0.3 is 0 Å². The summed E-state index contributed by atoms with van der Waals surface area (Å²) in [5, 5.41) is 3.73. The maximum absolute atomic E-state index is 12.2. The minimum absolute atomic E-state index is 0.190. The molecule has 4 nitrogen and oxygen atoms in total. The van der Waals surface area contributed by atoms with Crippen LogP contribution in [-0.4, -0.2) is 10.9 Å². The van der Waals surface area contributed by atoms with Crippen molar-refractivity contribution in [3.63, 3.8) is 0 Å². The van der Waals surface area contributed by atoms with Crippen molar-refractivity contribution < 1.29 is 4.79 Å². The smallest absolute Gasteiger partial charge is 0.267 e. The molecule has 0 aliphatic heterocycles. The van der Waals surface area contributed by atoms with Crippen LogP contribution in [0, 0.1) is 0 Å². The molecule has 0 saturated heterocycles. The number of pyridine rings is 1. The Bertz CT molecular complexity index is 737. The predicted molar refractivity (Wildman–Crippen MR) is 78.4 cm³/mol. The van der Waals surface area contributed by atoms with Gasteiger partial charge in [0, 0.05) is 28.2 Å². The molecule has 3 N–H and O–H groups in total. The van der Waals surface area contributed by atoms with Gasteiger partial charge in [0.15, 0.2) is 0 Å². The molecule has 2 heterocycles. The van der Waals surface area contributed by atoms with E-state index in [1.54, 1.807) is 24.5 Å². The molecule has 1 amide bonds. The third-order valence-electron chi connectivity index (χ3n) is 2.78. The van der Waals surface area contributed by atoms with Gasteiger partial charge in [-0.15, -0.1) is 11.3 Å². The zero-order valence-electron chi connectivity index (χ0n) is 9.96. The second kappa shape index (κ2) is 4.70. The quantitative estimate of drug-likeness (QED) is 0.751. The molecule has 0 bridgehead atoms. The first kappa shape index (κ1) is 11.7. The van der Waals surface area contributed by atoms with E-state index in [4.69, 9.17) is 5.73 Å². The van der Waals surface area contributed by atoms with Crippen molar-refractivity contribution in [2.45, 2.75) is 0 Å². The van der Waals surface area contributed by atoms with E-state index >= 15 is 0 Å². The van der Waals surface area contributed by atoms with Crippen LogP contribution in [0.3, 0.4) is 0 Å². The van der Waals surface area contributed by atoms with Crippen LogP contribution in [0.4, 0.5) is 11.4 Å². The van der Waals surface area contributed by atoms with Crippen molar-refractivity contribution in [2.75, 3.05) is 11.1 Å². The first-order valence-electron chi connectivity index (χ1n) is 5.74. The maximum Gasteiger partial charge on any atom is 0.267 e. The Morgan fingerprint density at radius 2 is 1.89 bits per heavy atom. The molecular formula is C14H11N3OS. The predicted octanol–water partition coefficient (Wildman–Crippen LogP) is 3.13. The standard InChI is InChI=1S/C14H11N3OS/c15-12-10-3-1-2-4-11(10)19-13(12)14(18)17-9-5-7-16-8-6-9/h1-8H,15H2,(H,16,17,18). The fraction of sp³-hybridized carbons (Fsp3) is 0. The number of amides is 1. The second-order valence-electron chi connectivity index (χ2n) is 4.03. The van der Waals surface area contributed by atoms with E-state index in [1.807, 2.05) is 24.3 Å². The Hall–Kier alpha value is -2.40. The molecule has 3 aromatic rings. The number of hydrogen-bond donors (Lipinski definition) is 2. The number of carbonyl (C=O) groups is 1. The van der Waals surface area contributed by atoms with Crippen molar-refractivity contribution in [3.05, 3.63) is 53.7 Å². The van der Waals surface area contributed by atoms with Crippen LogP contribution in [-0.2, 0) is 0 Å². The molecule has 0 aliphatic carbocycles. The van der Waals surface area contributed by atoms with E-state index in [0.29, 0.717) is 16.3 Å². The summed E-state index contributed by atoms with van der Waals surface area (Å²) < 4.78 is 1.01. The number of carbonyl (C=O) groups excluding carboxylic acids is 1. The van der Waals surface area contributed by atoms with Gasteiger partial charge in [-0.2, -0.15) is 0 Å². The minimum atomic E-state index is -0.190. The van der Waals surface area contributed by atoms with Crippen LogP contribution in [0.2, 0.25) is 0 Å². The van der Waals surface area contributed by atoms with Crippen molar-refractivity contribution in [2.24, 2.45) is 0 Å². The lowest BCUT2D eigenvalue weighted by Gasteiger charge is -2.03. The second-order valence-corrected chi connectivity index (χ2v) is 5.08. The van der Waals surface area contributed by atoms with Gasteiger partial charge in [0.05, 0.1) is 5.69 Å². The van der Waals surface area contributed by atoms with E-state index in [-0.39, 0.29) is 5.91 Å². The summed E-state index contributed by atoms with van der Waals surface area (Å²) in [6, 6.07) is 11.2. The Morgan fingerprint density at radius 1 is 1.16 bits per heavy atom. The number of nitrogens with two attached hydrogens (primary N) is 1. The van der Waals surface area contributed by atoms with Crippen molar-refractivity contribution in [1.29, 1.82) is 0 Å². The first-order valence-corrected chi connectivity index (χ1v) is 6.56. The van der Waals surface area contributed by atoms with E-state index in [2.05, 4.69) is 10.3 Å². The van der Waals surface area contributed by atoms with Gasteiger partial charge in [-0.3, -0.25) is 9.78 Å². The number of hydrogen-bond acceptors (Lipinski definition) is 4. The number of rotatable bonds is 2. The van der Waals surface area contributed by atoms with Gasteiger partial charge in [0.2, 0.25) is 0 Å². The van der Waals surface area contributed by atoms with Crippen molar-refractivity contribution in [3.8, 4) is 0 Å². The fourth-order valence-corrected chi connectivity index (χ4v) is 2.88. The Labute approximate surface area is 113 Å². The molecule has 1 aromatic carbocycles. The van der Waals surface area contributed by atoms with Crippen molar-refractivity contribution >= 4 is 38.7 Å². The molecule has 0 radical (unpaired) electrons. The van der Waals surface area contributed by atoms with Crippen LogP contribution < -0.4 is 11.1 Å². The highest BCUT2D eigenvalue weighted by molar-refractivity contribution is 7.21. The molecule has 0 unspecified atom stereocenters. The monoisotopic (exact) mass is 269 g/mol. The van der Waals surface area contributed by atoms with E-state index in [9.17, 15) is 4.79 Å². The number of anilines is 2. The summed E-state index contributed by atoms with van der Waals surface area (Å²) in [5.41, 5.74) is 7.27. The maximum atomic E-state index is 12.2. The summed E-state index contributed by atoms with van der Waals surface area (Å²) in [6.45, 7) is 0. The molecule has 0 spiro atoms. The van der Waals surface area contributed by atoms with Gasteiger partial charge in [-0.05, 0) is 18.2 Å². The molecule has 0 fully saturated rings. The lowest BCUT2D eigenvalue weighted by molar-refractivity contribution is 0.103. The van der Waals surface area contributed by atoms with Crippen LogP contribution in [0.1, 0.15) is 9.67 Å². The van der Waals surface area contributed by atoms with Crippen molar-refractivity contribution in [1.82, 2.24) is 4.98 Å². The summed E-state index contributed by atoms with van der Waals surface area (Å²) in [4.78, 5) is 16.6. The zero-order chi connectivity index (χ0) is 13.2. The van der Waals surface area contributed by atoms with Gasteiger partial charge in [-0.25, -0.2) is 0 Å².